The third-order valence-corrected chi connectivity index (χ3v) is 4.90. The van der Waals surface area contributed by atoms with Gasteiger partial charge >= 0.3 is 12.1 Å². The Bertz CT molecular complexity index is 1150. The predicted octanol–water partition coefficient (Wildman–Crippen LogP) is 3.78. The van der Waals surface area contributed by atoms with Crippen LogP contribution in [0.1, 0.15) is 18.5 Å². The highest BCUT2D eigenvalue weighted by Gasteiger charge is 2.30. The maximum Gasteiger partial charge on any atom is 0.334 e. The summed E-state index contributed by atoms with van der Waals surface area (Å²) in [6, 6.07) is 9.28. The standard InChI is InChI=1S/C21H21N5O4/c1-12-8-17(13-4-7-18(29-2)19(10-13)30-3)24-21(28)26(12)20(27)23-15-5-6-16-14(9-15)11-22-25-16/h4-11,17H,1-3H3,(H,22,25)(H,23,27)(H,24,28). The van der Waals surface area contributed by atoms with Gasteiger partial charge in [0, 0.05) is 16.8 Å². The van der Waals surface area contributed by atoms with Crippen LogP contribution in [0, 0.1) is 0 Å². The average Bonchev–Trinajstić information content (AvgIpc) is 3.20. The SMILES string of the molecule is COc1ccc(C2C=C(C)N(C(=O)Nc3ccc4[nH]ncc4c3)C(=O)N2)cc1OC. The van der Waals surface area contributed by atoms with E-state index in [1.165, 1.54) is 0 Å². The molecule has 4 rings (SSSR count). The number of nitrogens with one attached hydrogen (secondary N) is 3. The zero-order chi connectivity index (χ0) is 21.3. The van der Waals surface area contributed by atoms with Gasteiger partial charge in [-0.05, 0) is 48.9 Å². The van der Waals surface area contributed by atoms with E-state index in [2.05, 4.69) is 20.8 Å². The molecule has 0 aliphatic carbocycles. The summed E-state index contributed by atoms with van der Waals surface area (Å²) in [5.74, 6) is 1.16. The topological polar surface area (TPSA) is 109 Å². The third-order valence-electron chi connectivity index (χ3n) is 4.90. The molecular formula is C21H21N5O4. The molecule has 1 aliphatic rings. The summed E-state index contributed by atoms with van der Waals surface area (Å²) in [5, 5.41) is 13.2. The number of amides is 4. The average molecular weight is 407 g/mol. The molecule has 2 aromatic carbocycles. The Morgan fingerprint density at radius 1 is 1.13 bits per heavy atom. The van der Waals surface area contributed by atoms with Crippen LogP contribution >= 0.6 is 0 Å². The van der Waals surface area contributed by atoms with Crippen molar-refractivity contribution >= 4 is 28.7 Å². The molecule has 9 nitrogen and oxygen atoms in total. The van der Waals surface area contributed by atoms with Gasteiger partial charge < -0.3 is 20.1 Å². The molecule has 3 aromatic rings. The Hall–Kier alpha value is -4.01. The van der Waals surface area contributed by atoms with Crippen molar-refractivity contribution in [1.82, 2.24) is 20.4 Å². The molecule has 0 saturated carbocycles. The number of benzene rings is 2. The summed E-state index contributed by atoms with van der Waals surface area (Å²) in [4.78, 5) is 26.5. The first-order valence-corrected chi connectivity index (χ1v) is 9.25. The smallest absolute Gasteiger partial charge is 0.334 e. The molecule has 154 valence electrons. The number of H-pyrrole nitrogens is 1. The minimum absolute atomic E-state index is 0.399. The Labute approximate surface area is 172 Å². The molecule has 1 aromatic heterocycles. The number of hydrogen-bond acceptors (Lipinski definition) is 5. The molecule has 1 aliphatic heterocycles. The summed E-state index contributed by atoms with van der Waals surface area (Å²) < 4.78 is 10.6. The molecule has 0 radical (unpaired) electrons. The molecule has 0 bridgehead atoms. The van der Waals surface area contributed by atoms with Crippen LogP contribution in [-0.4, -0.2) is 41.4 Å². The van der Waals surface area contributed by atoms with E-state index >= 15 is 0 Å². The first kappa shape index (κ1) is 19.3. The van der Waals surface area contributed by atoms with Crippen LogP contribution in [0.15, 0.2) is 54.4 Å². The number of carbonyl (C=O) groups excluding carboxylic acids is 2. The van der Waals surface area contributed by atoms with Gasteiger partial charge in [-0.25, -0.2) is 14.5 Å². The number of nitrogens with zero attached hydrogens (tertiary/aromatic N) is 2. The third kappa shape index (κ3) is 3.52. The molecule has 2 heterocycles. The first-order valence-electron chi connectivity index (χ1n) is 9.25. The Kier molecular flexibility index (Phi) is 5.01. The summed E-state index contributed by atoms with van der Waals surface area (Å²) in [6.45, 7) is 1.71. The lowest BCUT2D eigenvalue weighted by atomic mass is 10.0. The number of anilines is 1. The number of aromatic amines is 1. The monoisotopic (exact) mass is 407 g/mol. The summed E-state index contributed by atoms with van der Waals surface area (Å²) in [7, 11) is 3.11. The van der Waals surface area contributed by atoms with Gasteiger partial charge in [-0.15, -0.1) is 0 Å². The van der Waals surface area contributed by atoms with Gasteiger partial charge in [0.2, 0.25) is 0 Å². The lowest BCUT2D eigenvalue weighted by Crippen LogP contribution is -2.48. The maximum absolute atomic E-state index is 12.7. The normalized spacial score (nSPS) is 16.1. The van der Waals surface area contributed by atoms with Crippen LogP contribution in [0.25, 0.3) is 10.9 Å². The second-order valence-corrected chi connectivity index (χ2v) is 6.79. The van der Waals surface area contributed by atoms with E-state index in [4.69, 9.17) is 9.47 Å². The second-order valence-electron chi connectivity index (χ2n) is 6.79. The maximum atomic E-state index is 12.7. The zero-order valence-corrected chi connectivity index (χ0v) is 16.7. The van der Waals surface area contributed by atoms with Crippen LogP contribution in [-0.2, 0) is 0 Å². The number of aromatic nitrogens is 2. The van der Waals surface area contributed by atoms with E-state index in [9.17, 15) is 9.59 Å². The van der Waals surface area contributed by atoms with Crippen molar-refractivity contribution in [3.05, 3.63) is 59.9 Å². The number of allylic oxidation sites excluding steroid dienone is 1. The van der Waals surface area contributed by atoms with Crippen molar-refractivity contribution in [2.75, 3.05) is 19.5 Å². The molecular weight excluding hydrogens is 386 g/mol. The Morgan fingerprint density at radius 3 is 2.67 bits per heavy atom. The number of urea groups is 2. The summed E-state index contributed by atoms with van der Waals surface area (Å²) >= 11 is 0. The van der Waals surface area contributed by atoms with Crippen LogP contribution in [0.3, 0.4) is 0 Å². The Balaban J connectivity index is 1.54. The number of imide groups is 1. The zero-order valence-electron chi connectivity index (χ0n) is 16.7. The largest absolute Gasteiger partial charge is 0.493 e. The Morgan fingerprint density at radius 2 is 1.93 bits per heavy atom. The van der Waals surface area contributed by atoms with Gasteiger partial charge in [0.05, 0.1) is 32.0 Å². The molecule has 0 spiro atoms. The fourth-order valence-electron chi connectivity index (χ4n) is 3.39. The van der Waals surface area contributed by atoms with Gasteiger partial charge in [0.25, 0.3) is 0 Å². The number of carbonyl (C=O) groups is 2. The van der Waals surface area contributed by atoms with E-state index in [0.29, 0.717) is 22.9 Å². The van der Waals surface area contributed by atoms with Crippen molar-refractivity contribution < 1.29 is 19.1 Å². The van der Waals surface area contributed by atoms with Crippen molar-refractivity contribution in [3.8, 4) is 11.5 Å². The van der Waals surface area contributed by atoms with Crippen LogP contribution in [0.5, 0.6) is 11.5 Å². The summed E-state index contributed by atoms with van der Waals surface area (Å²) in [6.07, 6.45) is 3.47. The molecule has 3 N–H and O–H groups in total. The highest BCUT2D eigenvalue weighted by Crippen LogP contribution is 2.32. The number of hydrogen-bond donors (Lipinski definition) is 3. The van der Waals surface area contributed by atoms with E-state index in [-0.39, 0.29) is 0 Å². The van der Waals surface area contributed by atoms with Crippen LogP contribution < -0.4 is 20.1 Å². The fraction of sp³-hybridized carbons (Fsp3) is 0.190. The molecule has 30 heavy (non-hydrogen) atoms. The van der Waals surface area contributed by atoms with Crippen molar-refractivity contribution in [3.63, 3.8) is 0 Å². The van der Waals surface area contributed by atoms with Crippen LogP contribution in [0.4, 0.5) is 15.3 Å². The molecule has 1 atom stereocenters. The molecule has 0 fully saturated rings. The van der Waals surface area contributed by atoms with E-state index in [0.717, 1.165) is 21.4 Å². The van der Waals surface area contributed by atoms with Crippen molar-refractivity contribution in [1.29, 1.82) is 0 Å². The predicted molar refractivity (Wildman–Crippen MR) is 112 cm³/mol. The number of fused-ring (bicyclic) bond motifs is 1. The van der Waals surface area contributed by atoms with Gasteiger partial charge in [0.15, 0.2) is 11.5 Å². The number of ether oxygens (including phenoxy) is 2. The number of rotatable bonds is 4. The minimum Gasteiger partial charge on any atom is -0.493 e. The van der Waals surface area contributed by atoms with Crippen molar-refractivity contribution in [2.45, 2.75) is 13.0 Å². The highest BCUT2D eigenvalue weighted by molar-refractivity contribution is 6.03. The van der Waals surface area contributed by atoms with Gasteiger partial charge in [-0.1, -0.05) is 6.07 Å². The lowest BCUT2D eigenvalue weighted by Gasteiger charge is -2.30. The second kappa shape index (κ2) is 7.78. The molecule has 1 unspecified atom stereocenters. The summed E-state index contributed by atoms with van der Waals surface area (Å²) in [5.41, 5.74) is 2.75. The molecule has 4 amide bonds. The van der Waals surface area contributed by atoms with E-state index in [1.54, 1.807) is 51.6 Å². The quantitative estimate of drug-likeness (QED) is 0.610. The molecule has 9 heteroatoms. The lowest BCUT2D eigenvalue weighted by molar-refractivity contribution is 0.199. The van der Waals surface area contributed by atoms with Crippen molar-refractivity contribution in [2.24, 2.45) is 0 Å². The fourth-order valence-corrected chi connectivity index (χ4v) is 3.39. The van der Waals surface area contributed by atoms with E-state index in [1.807, 2.05) is 18.2 Å². The highest BCUT2D eigenvalue weighted by atomic mass is 16.5. The molecule has 0 saturated heterocycles. The van der Waals surface area contributed by atoms with Gasteiger partial charge in [0.1, 0.15) is 0 Å². The van der Waals surface area contributed by atoms with Crippen LogP contribution in [0.2, 0.25) is 0 Å². The minimum atomic E-state index is -0.546. The van der Waals surface area contributed by atoms with Gasteiger partial charge in [-0.2, -0.15) is 5.10 Å². The first-order chi connectivity index (χ1) is 14.5. The number of methoxy groups -OCH3 is 2. The van der Waals surface area contributed by atoms with Gasteiger partial charge in [-0.3, -0.25) is 5.10 Å². The van der Waals surface area contributed by atoms with E-state index < -0.39 is 18.1 Å².